The Morgan fingerprint density at radius 3 is 1.62 bits per heavy atom. The molecule has 0 aromatic rings. The van der Waals surface area contributed by atoms with Gasteiger partial charge in [0.1, 0.15) is 0 Å². The van der Waals surface area contributed by atoms with E-state index in [-0.39, 0.29) is 43.5 Å². The number of unbranched alkanes of at least 4 members (excludes halogenated alkanes) is 10. The third-order valence-corrected chi connectivity index (χ3v) is 4.82. The van der Waals surface area contributed by atoms with Crippen LogP contribution in [0.5, 0.6) is 0 Å². The molecule has 0 rings (SSSR count). The first kappa shape index (κ1) is 24.4. The second-order valence-electron chi connectivity index (χ2n) is 5.62. The van der Waals surface area contributed by atoms with Crippen LogP contribution in [0.25, 0.3) is 0 Å². The first-order valence-electron chi connectivity index (χ1n) is 8.49. The summed E-state index contributed by atoms with van der Waals surface area (Å²) in [5.74, 6) is 0.189. The van der Waals surface area contributed by atoms with E-state index in [0.29, 0.717) is 6.61 Å². The molecule has 126 valence electrons. The summed E-state index contributed by atoms with van der Waals surface area (Å²) in [5.41, 5.74) is 0. The zero-order valence-electron chi connectivity index (χ0n) is 13.5. The van der Waals surface area contributed by atoms with Crippen molar-refractivity contribution in [3.63, 3.8) is 0 Å². The fourth-order valence-corrected chi connectivity index (χ4v) is 3.23. The topological polar surface area (TPSA) is 43.4 Å². The fourth-order valence-electron chi connectivity index (χ4n) is 2.19. The zero-order chi connectivity index (χ0) is 15.1. The maximum atomic E-state index is 11.6. The Morgan fingerprint density at radius 2 is 1.10 bits per heavy atom. The van der Waals surface area contributed by atoms with Crippen molar-refractivity contribution < 1.29 is 12.6 Å². The Balaban J connectivity index is 0. The molecule has 0 heterocycles. The standard InChI is InChI=1S/C16H34O3S.Ca.2H/c1-3-5-7-9-11-13-15-19-20(17,18)16-14-12-10-8-6-4-2;;;/h3-16H2,1-2H3;;;. The summed E-state index contributed by atoms with van der Waals surface area (Å²) >= 11 is 0. The van der Waals surface area contributed by atoms with Gasteiger partial charge in [0.2, 0.25) is 0 Å². The van der Waals surface area contributed by atoms with E-state index in [1.807, 2.05) is 0 Å². The van der Waals surface area contributed by atoms with Crippen molar-refractivity contribution in [2.45, 2.75) is 90.9 Å². The van der Waals surface area contributed by atoms with Crippen LogP contribution in [-0.2, 0) is 14.3 Å². The molecule has 0 radical (unpaired) electrons. The molecule has 0 atom stereocenters. The van der Waals surface area contributed by atoms with Crippen molar-refractivity contribution >= 4 is 47.9 Å². The van der Waals surface area contributed by atoms with E-state index in [1.165, 1.54) is 44.9 Å². The van der Waals surface area contributed by atoms with Crippen LogP contribution in [0.15, 0.2) is 0 Å². The SMILES string of the molecule is CCCCCCCCOS(=O)(=O)CCCCCCCC.[CaH2]. The minimum atomic E-state index is -3.27. The van der Waals surface area contributed by atoms with E-state index < -0.39 is 10.1 Å². The van der Waals surface area contributed by atoms with Gasteiger partial charge < -0.3 is 0 Å². The van der Waals surface area contributed by atoms with Crippen molar-refractivity contribution in [2.75, 3.05) is 12.4 Å². The van der Waals surface area contributed by atoms with Crippen LogP contribution < -0.4 is 0 Å². The summed E-state index contributed by atoms with van der Waals surface area (Å²) in [6.07, 6.45) is 13.5. The predicted molar refractivity (Wildman–Crippen MR) is 95.0 cm³/mol. The number of rotatable bonds is 15. The Morgan fingerprint density at radius 1 is 0.667 bits per heavy atom. The van der Waals surface area contributed by atoms with Crippen LogP contribution in [0, 0.1) is 0 Å². The molecule has 0 bridgehead atoms. The van der Waals surface area contributed by atoms with Crippen LogP contribution in [0.1, 0.15) is 90.9 Å². The first-order chi connectivity index (χ1) is 9.62. The van der Waals surface area contributed by atoms with Crippen LogP contribution >= 0.6 is 0 Å². The van der Waals surface area contributed by atoms with Crippen LogP contribution in [0.3, 0.4) is 0 Å². The van der Waals surface area contributed by atoms with Gasteiger partial charge in [-0.05, 0) is 12.8 Å². The molecule has 0 aliphatic rings. The van der Waals surface area contributed by atoms with E-state index >= 15 is 0 Å². The molecule has 5 heteroatoms. The van der Waals surface area contributed by atoms with Crippen molar-refractivity contribution in [1.82, 2.24) is 0 Å². The van der Waals surface area contributed by atoms with Crippen molar-refractivity contribution in [3.05, 3.63) is 0 Å². The summed E-state index contributed by atoms with van der Waals surface area (Å²) in [4.78, 5) is 0. The van der Waals surface area contributed by atoms with Gasteiger partial charge in [-0.15, -0.1) is 0 Å². The molecule has 3 nitrogen and oxygen atoms in total. The Labute approximate surface area is 162 Å². The van der Waals surface area contributed by atoms with Gasteiger partial charge in [-0.3, -0.25) is 4.18 Å². The fraction of sp³-hybridized carbons (Fsp3) is 1.00. The molecule has 0 aliphatic carbocycles. The van der Waals surface area contributed by atoms with Crippen LogP contribution in [0.2, 0.25) is 0 Å². The summed E-state index contributed by atoms with van der Waals surface area (Å²) < 4.78 is 28.3. The molecular weight excluding hydrogens is 312 g/mol. The summed E-state index contributed by atoms with van der Waals surface area (Å²) in [6.45, 7) is 4.74. The van der Waals surface area contributed by atoms with Gasteiger partial charge in [0.15, 0.2) is 0 Å². The third-order valence-electron chi connectivity index (χ3n) is 3.51. The van der Waals surface area contributed by atoms with Gasteiger partial charge in [-0.1, -0.05) is 78.1 Å². The molecule has 0 spiro atoms. The summed E-state index contributed by atoms with van der Waals surface area (Å²) in [6, 6.07) is 0. The van der Waals surface area contributed by atoms with Crippen molar-refractivity contribution in [3.8, 4) is 0 Å². The molecule has 0 aromatic heterocycles. The van der Waals surface area contributed by atoms with Crippen LogP contribution in [-0.4, -0.2) is 58.5 Å². The second kappa shape index (κ2) is 17.5. The monoisotopic (exact) mass is 348 g/mol. The molecule has 0 saturated heterocycles. The van der Waals surface area contributed by atoms with Gasteiger partial charge in [-0.2, -0.15) is 8.42 Å². The molecule has 0 N–H and O–H groups in total. The maximum absolute atomic E-state index is 11.6. The Hall–Kier alpha value is 1.17. The van der Waals surface area contributed by atoms with Gasteiger partial charge in [-0.25, -0.2) is 0 Å². The molecule has 0 saturated carbocycles. The van der Waals surface area contributed by atoms with Gasteiger partial charge in [0, 0.05) is 0 Å². The molecule has 21 heavy (non-hydrogen) atoms. The van der Waals surface area contributed by atoms with E-state index in [9.17, 15) is 8.42 Å². The summed E-state index contributed by atoms with van der Waals surface area (Å²) in [5, 5.41) is 0. The van der Waals surface area contributed by atoms with Crippen molar-refractivity contribution in [2.24, 2.45) is 0 Å². The zero-order valence-corrected chi connectivity index (χ0v) is 14.3. The van der Waals surface area contributed by atoms with Crippen molar-refractivity contribution in [1.29, 1.82) is 0 Å². The third kappa shape index (κ3) is 19.1. The summed E-state index contributed by atoms with van der Waals surface area (Å²) in [7, 11) is -3.27. The average Bonchev–Trinajstić information content (AvgIpc) is 2.41. The van der Waals surface area contributed by atoms with E-state index in [0.717, 1.165) is 32.1 Å². The van der Waals surface area contributed by atoms with E-state index in [4.69, 9.17) is 4.18 Å². The van der Waals surface area contributed by atoms with E-state index in [2.05, 4.69) is 13.8 Å². The van der Waals surface area contributed by atoms with Crippen LogP contribution in [0.4, 0.5) is 0 Å². The van der Waals surface area contributed by atoms with Gasteiger partial charge in [0.25, 0.3) is 10.1 Å². The molecular formula is C16H36CaO3S. The van der Waals surface area contributed by atoms with Gasteiger partial charge >= 0.3 is 37.7 Å². The predicted octanol–water partition coefficient (Wildman–Crippen LogP) is 4.14. The minimum absolute atomic E-state index is 0. The average molecular weight is 349 g/mol. The normalized spacial score (nSPS) is 11.3. The first-order valence-corrected chi connectivity index (χ1v) is 10.1. The second-order valence-corrected chi connectivity index (χ2v) is 7.38. The molecule has 0 unspecified atom stereocenters. The molecule has 0 fully saturated rings. The number of hydrogen-bond acceptors (Lipinski definition) is 3. The van der Waals surface area contributed by atoms with Gasteiger partial charge in [0.05, 0.1) is 12.4 Å². The molecule has 0 amide bonds. The molecule has 0 aromatic carbocycles. The molecule has 0 aliphatic heterocycles. The number of hydrogen-bond donors (Lipinski definition) is 0. The van der Waals surface area contributed by atoms with E-state index in [1.54, 1.807) is 0 Å². The Bertz CT molecular complexity index is 292. The Kier molecular flexibility index (Phi) is 20.4. The quantitative estimate of drug-likeness (QED) is 0.254.